The van der Waals surface area contributed by atoms with Gasteiger partial charge in [-0.2, -0.15) is 0 Å². The van der Waals surface area contributed by atoms with Crippen molar-refractivity contribution in [3.8, 4) is 0 Å². The molecule has 3 rings (SSSR count). The lowest BCUT2D eigenvalue weighted by atomic mass is 10.0. The van der Waals surface area contributed by atoms with Crippen molar-refractivity contribution in [1.82, 2.24) is 5.32 Å². The third-order valence-electron chi connectivity index (χ3n) is 4.05. The van der Waals surface area contributed by atoms with Crippen LogP contribution in [-0.4, -0.2) is 11.9 Å². The highest BCUT2D eigenvalue weighted by molar-refractivity contribution is 5.98. The molecule has 0 saturated heterocycles. The van der Waals surface area contributed by atoms with Gasteiger partial charge < -0.3 is 11.1 Å². The van der Waals surface area contributed by atoms with E-state index in [0.29, 0.717) is 0 Å². The molecule has 0 radical (unpaired) electrons. The first-order chi connectivity index (χ1) is 11.1. The van der Waals surface area contributed by atoms with Crippen LogP contribution < -0.4 is 16.4 Å². The molecule has 0 spiro atoms. The lowest BCUT2D eigenvalue weighted by Gasteiger charge is -2.19. The van der Waals surface area contributed by atoms with E-state index in [-0.39, 0.29) is 0 Å². The fourth-order valence-corrected chi connectivity index (χ4v) is 2.97. The lowest BCUT2D eigenvalue weighted by molar-refractivity contribution is -0.120. The summed E-state index contributed by atoms with van der Waals surface area (Å²) in [4.78, 5) is 23.3. The van der Waals surface area contributed by atoms with Gasteiger partial charge in [0.2, 0.25) is 0 Å². The summed E-state index contributed by atoms with van der Waals surface area (Å²) in [6, 6.07) is 13.9. The Morgan fingerprint density at radius 1 is 1.00 bits per heavy atom. The molecule has 0 heterocycles. The summed E-state index contributed by atoms with van der Waals surface area (Å²) < 4.78 is 0. The van der Waals surface area contributed by atoms with Gasteiger partial charge in [-0.05, 0) is 48.1 Å². The molecule has 0 aliphatic heterocycles. The van der Waals surface area contributed by atoms with Crippen molar-refractivity contribution in [2.45, 2.75) is 25.3 Å². The fourth-order valence-electron chi connectivity index (χ4n) is 2.97. The minimum atomic E-state index is -0.855. The number of carbonyl (C=O) groups excluding carboxylic acids is 2. The molecular weight excluding hydrogens is 290 g/mol. The molecule has 3 amide bonds. The van der Waals surface area contributed by atoms with Crippen molar-refractivity contribution in [2.24, 2.45) is 5.73 Å². The number of amides is 3. The fraction of sp³-hybridized carbons (Fsp3) is 0.222. The average Bonchev–Trinajstić information content (AvgIpc) is 3.00. The molecule has 0 saturated carbocycles. The van der Waals surface area contributed by atoms with Crippen LogP contribution in [0.15, 0.2) is 48.5 Å². The Kier molecular flexibility index (Phi) is 4.28. The number of nitrogens with one attached hydrogen (secondary N) is 2. The summed E-state index contributed by atoms with van der Waals surface area (Å²) in [5, 5.41) is 5.36. The molecule has 1 aliphatic carbocycles. The first-order valence-electron chi connectivity index (χ1n) is 7.67. The molecule has 2 aromatic carbocycles. The van der Waals surface area contributed by atoms with Crippen molar-refractivity contribution in [2.75, 3.05) is 5.32 Å². The number of primary amides is 1. The highest BCUT2D eigenvalue weighted by atomic mass is 16.2. The smallest absolute Gasteiger partial charge is 0.318 e. The largest absolute Gasteiger partial charge is 0.370 e. The third kappa shape index (κ3) is 3.51. The first kappa shape index (κ1) is 15.1. The zero-order chi connectivity index (χ0) is 16.2. The van der Waals surface area contributed by atoms with E-state index in [9.17, 15) is 9.59 Å². The summed E-state index contributed by atoms with van der Waals surface area (Å²) in [7, 11) is 0. The van der Waals surface area contributed by atoms with E-state index < -0.39 is 18.0 Å². The van der Waals surface area contributed by atoms with Gasteiger partial charge in [0.25, 0.3) is 5.91 Å². The first-order valence-corrected chi connectivity index (χ1v) is 7.67. The van der Waals surface area contributed by atoms with Crippen LogP contribution in [0.3, 0.4) is 0 Å². The normalized spacial score (nSPS) is 13.9. The SMILES string of the molecule is NC(=O)NC(=O)[C@H](Nc1ccc2c(c1)CCC2)c1ccccc1. The van der Waals surface area contributed by atoms with Crippen LogP contribution in [0.5, 0.6) is 0 Å². The van der Waals surface area contributed by atoms with Crippen LogP contribution in [0.4, 0.5) is 10.5 Å². The quantitative estimate of drug-likeness (QED) is 0.811. The van der Waals surface area contributed by atoms with Crippen molar-refractivity contribution in [3.05, 3.63) is 65.2 Å². The number of benzene rings is 2. The monoisotopic (exact) mass is 309 g/mol. The number of rotatable bonds is 4. The van der Waals surface area contributed by atoms with Crippen molar-refractivity contribution >= 4 is 17.6 Å². The standard InChI is InChI=1S/C18H19N3O2/c19-18(23)21-17(22)16(13-5-2-1-3-6-13)20-15-10-9-12-7-4-8-14(12)11-15/h1-3,5-6,9-11,16,20H,4,7-8H2,(H3,19,21,22,23)/t16-/m1/s1. The zero-order valence-electron chi connectivity index (χ0n) is 12.7. The van der Waals surface area contributed by atoms with Gasteiger partial charge in [-0.25, -0.2) is 4.79 Å². The molecule has 5 heteroatoms. The van der Waals surface area contributed by atoms with Crippen LogP contribution in [0, 0.1) is 0 Å². The summed E-state index contributed by atoms with van der Waals surface area (Å²) in [5.41, 5.74) is 9.39. The number of fused-ring (bicyclic) bond motifs is 1. The Balaban J connectivity index is 1.86. The zero-order valence-corrected chi connectivity index (χ0v) is 12.7. The second kappa shape index (κ2) is 6.52. The van der Waals surface area contributed by atoms with E-state index in [1.165, 1.54) is 17.5 Å². The van der Waals surface area contributed by atoms with Gasteiger partial charge >= 0.3 is 6.03 Å². The maximum Gasteiger partial charge on any atom is 0.318 e. The molecule has 0 unspecified atom stereocenters. The van der Waals surface area contributed by atoms with E-state index >= 15 is 0 Å². The molecule has 23 heavy (non-hydrogen) atoms. The molecule has 4 N–H and O–H groups in total. The highest BCUT2D eigenvalue weighted by Gasteiger charge is 2.22. The molecule has 0 bridgehead atoms. The van der Waals surface area contributed by atoms with Gasteiger partial charge in [0.05, 0.1) is 0 Å². The molecule has 118 valence electrons. The minimum absolute atomic E-state index is 0.468. The van der Waals surface area contributed by atoms with Crippen molar-refractivity contribution < 1.29 is 9.59 Å². The van der Waals surface area contributed by atoms with Gasteiger partial charge in [0, 0.05) is 5.69 Å². The Morgan fingerprint density at radius 3 is 2.48 bits per heavy atom. The van der Waals surface area contributed by atoms with E-state index in [1.54, 1.807) is 0 Å². The van der Waals surface area contributed by atoms with Crippen LogP contribution >= 0.6 is 0 Å². The number of carbonyl (C=O) groups is 2. The maximum absolute atomic E-state index is 12.3. The number of imide groups is 1. The van der Waals surface area contributed by atoms with Crippen molar-refractivity contribution in [3.63, 3.8) is 0 Å². The summed E-state index contributed by atoms with van der Waals surface area (Å²) in [6.07, 6.45) is 3.34. The van der Waals surface area contributed by atoms with Gasteiger partial charge in [-0.15, -0.1) is 0 Å². The molecule has 5 nitrogen and oxygen atoms in total. The topological polar surface area (TPSA) is 84.2 Å². The summed E-state index contributed by atoms with van der Waals surface area (Å²) in [6.45, 7) is 0. The van der Waals surface area contributed by atoms with Crippen LogP contribution in [0.1, 0.15) is 29.2 Å². The predicted octanol–water partition coefficient (Wildman–Crippen LogP) is 2.52. The molecule has 2 aromatic rings. The van der Waals surface area contributed by atoms with Gasteiger partial charge in [0.15, 0.2) is 0 Å². The van der Waals surface area contributed by atoms with Gasteiger partial charge in [0.1, 0.15) is 6.04 Å². The van der Waals surface area contributed by atoms with Crippen molar-refractivity contribution in [1.29, 1.82) is 0 Å². The molecular formula is C18H19N3O2. The maximum atomic E-state index is 12.3. The summed E-state index contributed by atoms with van der Waals surface area (Å²) >= 11 is 0. The molecule has 0 aromatic heterocycles. The second-order valence-corrected chi connectivity index (χ2v) is 5.68. The lowest BCUT2D eigenvalue weighted by Crippen LogP contribution is -2.40. The number of hydrogen-bond acceptors (Lipinski definition) is 3. The Bertz CT molecular complexity index is 728. The van der Waals surface area contributed by atoms with Gasteiger partial charge in [-0.1, -0.05) is 36.4 Å². The Labute approximate surface area is 134 Å². The van der Waals surface area contributed by atoms with E-state index in [0.717, 1.165) is 24.1 Å². The molecule has 1 aliphatic rings. The van der Waals surface area contributed by atoms with Crippen LogP contribution in [0.25, 0.3) is 0 Å². The Hall–Kier alpha value is -2.82. The van der Waals surface area contributed by atoms with Crippen LogP contribution in [-0.2, 0) is 17.6 Å². The minimum Gasteiger partial charge on any atom is -0.370 e. The van der Waals surface area contributed by atoms with Gasteiger partial charge in [-0.3, -0.25) is 10.1 Å². The number of aryl methyl sites for hydroxylation is 2. The Morgan fingerprint density at radius 2 is 1.74 bits per heavy atom. The van der Waals surface area contributed by atoms with E-state index in [1.807, 2.05) is 36.4 Å². The highest BCUT2D eigenvalue weighted by Crippen LogP contribution is 2.27. The van der Waals surface area contributed by atoms with E-state index in [2.05, 4.69) is 22.8 Å². The average molecular weight is 309 g/mol. The van der Waals surface area contributed by atoms with Crippen LogP contribution in [0.2, 0.25) is 0 Å². The summed E-state index contributed by atoms with van der Waals surface area (Å²) in [5.74, 6) is -0.468. The number of nitrogens with two attached hydrogens (primary N) is 1. The third-order valence-corrected chi connectivity index (χ3v) is 4.05. The molecule has 0 fully saturated rings. The number of anilines is 1. The van der Waals surface area contributed by atoms with E-state index in [4.69, 9.17) is 5.73 Å². The number of urea groups is 1. The predicted molar refractivity (Wildman–Crippen MR) is 89.0 cm³/mol. The molecule has 1 atom stereocenters. The number of hydrogen-bond donors (Lipinski definition) is 3. The second-order valence-electron chi connectivity index (χ2n) is 5.68.